The molecular formula is C13H28N2O3S2. The van der Waals surface area contributed by atoms with Crippen molar-refractivity contribution >= 4 is 21.6 Å². The van der Waals surface area contributed by atoms with Crippen LogP contribution in [-0.4, -0.2) is 75.8 Å². The van der Waals surface area contributed by atoms with Crippen molar-refractivity contribution in [3.8, 4) is 0 Å². The summed E-state index contributed by atoms with van der Waals surface area (Å²) in [6, 6.07) is 0. The quantitative estimate of drug-likeness (QED) is 0.600. The van der Waals surface area contributed by atoms with E-state index in [1.54, 1.807) is 25.8 Å². The molecule has 1 aliphatic rings. The highest BCUT2D eigenvalue weighted by atomic mass is 32.2. The molecule has 0 aromatic rings. The number of thioether (sulfide) groups is 1. The van der Waals surface area contributed by atoms with Crippen LogP contribution in [0, 0.1) is 0 Å². The number of hydrogen-bond donors (Lipinski definition) is 1. The molecule has 1 aliphatic heterocycles. The fourth-order valence-electron chi connectivity index (χ4n) is 2.26. The molecule has 1 atom stereocenters. The molecule has 1 unspecified atom stereocenters. The predicted octanol–water partition coefficient (Wildman–Crippen LogP) is 0.812. The summed E-state index contributed by atoms with van der Waals surface area (Å²) in [7, 11) is -1.25. The van der Waals surface area contributed by atoms with Gasteiger partial charge in [0.1, 0.15) is 5.37 Å². The molecule has 7 heteroatoms. The molecule has 0 amide bonds. The zero-order valence-electron chi connectivity index (χ0n) is 12.6. The van der Waals surface area contributed by atoms with Crippen LogP contribution in [-0.2, 0) is 14.6 Å². The van der Waals surface area contributed by atoms with Gasteiger partial charge in [-0.25, -0.2) is 8.42 Å². The maximum absolute atomic E-state index is 12.1. The van der Waals surface area contributed by atoms with Gasteiger partial charge < -0.3 is 10.1 Å². The maximum atomic E-state index is 12.1. The first-order valence-electron chi connectivity index (χ1n) is 7.35. The molecule has 5 nitrogen and oxygen atoms in total. The molecule has 20 heavy (non-hydrogen) atoms. The lowest BCUT2D eigenvalue weighted by Crippen LogP contribution is -2.48. The van der Waals surface area contributed by atoms with Crippen molar-refractivity contribution in [3.63, 3.8) is 0 Å². The first-order chi connectivity index (χ1) is 9.61. The zero-order valence-corrected chi connectivity index (χ0v) is 14.3. The van der Waals surface area contributed by atoms with Gasteiger partial charge in [-0.05, 0) is 25.9 Å². The van der Waals surface area contributed by atoms with Gasteiger partial charge >= 0.3 is 0 Å². The predicted molar refractivity (Wildman–Crippen MR) is 86.1 cm³/mol. The molecule has 0 radical (unpaired) electrons. The molecule has 0 aromatic carbocycles. The Morgan fingerprint density at radius 3 is 2.85 bits per heavy atom. The van der Waals surface area contributed by atoms with Gasteiger partial charge in [0.15, 0.2) is 9.84 Å². The lowest BCUT2D eigenvalue weighted by atomic mass is 10.3. The Morgan fingerprint density at radius 2 is 2.15 bits per heavy atom. The Labute approximate surface area is 127 Å². The van der Waals surface area contributed by atoms with E-state index in [2.05, 4.69) is 10.2 Å². The van der Waals surface area contributed by atoms with Crippen LogP contribution in [0.1, 0.15) is 19.8 Å². The number of nitrogens with one attached hydrogen (secondary N) is 1. The van der Waals surface area contributed by atoms with Crippen LogP contribution in [0.2, 0.25) is 0 Å². The number of nitrogens with zero attached hydrogens (tertiary/aromatic N) is 1. The van der Waals surface area contributed by atoms with Crippen molar-refractivity contribution in [3.05, 3.63) is 0 Å². The van der Waals surface area contributed by atoms with Crippen LogP contribution >= 0.6 is 11.8 Å². The van der Waals surface area contributed by atoms with Crippen molar-refractivity contribution in [2.45, 2.75) is 25.1 Å². The largest absolute Gasteiger partial charge is 0.383 e. The Bertz CT molecular complexity index is 350. The number of unbranched alkanes of at least 4 members (excludes halogenated alkanes) is 1. The minimum Gasteiger partial charge on any atom is -0.383 e. The van der Waals surface area contributed by atoms with Gasteiger partial charge in [-0.1, -0.05) is 6.92 Å². The van der Waals surface area contributed by atoms with Crippen LogP contribution in [0.25, 0.3) is 0 Å². The summed E-state index contributed by atoms with van der Waals surface area (Å²) in [5.74, 6) is 2.01. The van der Waals surface area contributed by atoms with E-state index in [0.717, 1.165) is 57.1 Å². The Balaban J connectivity index is 2.26. The minimum absolute atomic E-state index is 0.243. The highest BCUT2D eigenvalue weighted by molar-refractivity contribution is 8.01. The lowest BCUT2D eigenvalue weighted by molar-refractivity contribution is 0.199. The Kier molecular flexibility index (Phi) is 9.11. The smallest absolute Gasteiger partial charge is 0.166 e. The molecule has 0 bridgehead atoms. The molecule has 0 spiro atoms. The number of sulfone groups is 1. The second kappa shape index (κ2) is 10.00. The summed E-state index contributed by atoms with van der Waals surface area (Å²) in [5, 5.41) is 3.04. The molecule has 1 fully saturated rings. The van der Waals surface area contributed by atoms with Crippen LogP contribution < -0.4 is 5.32 Å². The van der Waals surface area contributed by atoms with E-state index in [0.29, 0.717) is 0 Å². The minimum atomic E-state index is -2.95. The van der Waals surface area contributed by atoms with E-state index in [-0.39, 0.29) is 11.1 Å². The molecule has 0 saturated carbocycles. The summed E-state index contributed by atoms with van der Waals surface area (Å²) in [6.07, 6.45) is 2.12. The number of rotatable bonds is 10. The molecule has 1 N–H and O–H groups in total. The van der Waals surface area contributed by atoms with Crippen molar-refractivity contribution in [1.29, 1.82) is 0 Å². The van der Waals surface area contributed by atoms with Gasteiger partial charge in [0.05, 0.1) is 6.61 Å². The van der Waals surface area contributed by atoms with E-state index >= 15 is 0 Å². The molecule has 120 valence electrons. The maximum Gasteiger partial charge on any atom is 0.166 e. The normalized spacial score (nSPS) is 21.2. The fourth-order valence-corrected chi connectivity index (χ4v) is 5.37. The molecule has 1 rings (SSSR count). The van der Waals surface area contributed by atoms with Crippen molar-refractivity contribution < 1.29 is 13.2 Å². The lowest BCUT2D eigenvalue weighted by Gasteiger charge is -2.34. The second-order valence-corrected chi connectivity index (χ2v) is 8.56. The summed E-state index contributed by atoms with van der Waals surface area (Å²) in [4.78, 5) is 2.16. The van der Waals surface area contributed by atoms with Crippen molar-refractivity contribution in [1.82, 2.24) is 10.2 Å². The molecule has 0 aliphatic carbocycles. The summed E-state index contributed by atoms with van der Waals surface area (Å²) >= 11 is 1.75. The topological polar surface area (TPSA) is 58.6 Å². The average Bonchev–Trinajstić information content (AvgIpc) is 2.46. The monoisotopic (exact) mass is 324 g/mol. The van der Waals surface area contributed by atoms with Crippen molar-refractivity contribution in [2.24, 2.45) is 0 Å². The zero-order chi connectivity index (χ0) is 14.8. The number of hydrogen-bond acceptors (Lipinski definition) is 6. The van der Waals surface area contributed by atoms with Gasteiger partial charge in [0, 0.05) is 37.5 Å². The van der Waals surface area contributed by atoms with E-state index in [9.17, 15) is 8.42 Å². The van der Waals surface area contributed by atoms with E-state index in [1.807, 2.05) is 0 Å². The van der Waals surface area contributed by atoms with Gasteiger partial charge in [-0.2, -0.15) is 11.8 Å². The van der Waals surface area contributed by atoms with Crippen LogP contribution in [0.3, 0.4) is 0 Å². The van der Waals surface area contributed by atoms with Crippen LogP contribution in [0.4, 0.5) is 0 Å². The number of ether oxygens (including phenoxy) is 1. The highest BCUT2D eigenvalue weighted by Gasteiger charge is 2.32. The third-order valence-corrected chi connectivity index (χ3v) is 6.87. The first kappa shape index (κ1) is 18.2. The van der Waals surface area contributed by atoms with Crippen LogP contribution in [0.5, 0.6) is 0 Å². The summed E-state index contributed by atoms with van der Waals surface area (Å²) < 4.78 is 29.1. The Morgan fingerprint density at radius 1 is 1.35 bits per heavy atom. The molecule has 0 aromatic heterocycles. The highest BCUT2D eigenvalue weighted by Crippen LogP contribution is 2.21. The SMILES string of the molecule is CCS(=O)(=O)C1CSCCN1CCCCNCCOC. The van der Waals surface area contributed by atoms with E-state index in [1.165, 1.54) is 0 Å². The van der Waals surface area contributed by atoms with Gasteiger partial charge in [-0.15, -0.1) is 0 Å². The average molecular weight is 325 g/mol. The summed E-state index contributed by atoms with van der Waals surface area (Å²) in [6.45, 7) is 6.11. The van der Waals surface area contributed by atoms with E-state index in [4.69, 9.17) is 4.74 Å². The van der Waals surface area contributed by atoms with E-state index < -0.39 is 9.84 Å². The third-order valence-electron chi connectivity index (χ3n) is 3.54. The Hall–Kier alpha value is 0.180. The van der Waals surface area contributed by atoms with Gasteiger partial charge in [0.25, 0.3) is 0 Å². The third kappa shape index (κ3) is 6.30. The fraction of sp³-hybridized carbons (Fsp3) is 1.00. The standard InChI is InChI=1S/C13H28N2O3S2/c1-3-20(16,17)13-12-19-11-9-15(13)8-5-4-6-14-7-10-18-2/h13-14H,3-12H2,1-2H3. The van der Waals surface area contributed by atoms with Crippen molar-refractivity contribution in [2.75, 3.05) is 57.2 Å². The van der Waals surface area contributed by atoms with Crippen LogP contribution in [0.15, 0.2) is 0 Å². The first-order valence-corrected chi connectivity index (χ1v) is 10.2. The van der Waals surface area contributed by atoms with Gasteiger partial charge in [0.2, 0.25) is 0 Å². The molecule has 1 saturated heterocycles. The number of methoxy groups -OCH3 is 1. The van der Waals surface area contributed by atoms with Gasteiger partial charge in [-0.3, -0.25) is 4.90 Å². The summed E-state index contributed by atoms with van der Waals surface area (Å²) in [5.41, 5.74) is 0. The second-order valence-electron chi connectivity index (χ2n) is 4.97. The molecular weight excluding hydrogens is 296 g/mol. The molecule has 1 heterocycles.